The van der Waals surface area contributed by atoms with Crippen LogP contribution in [0, 0.1) is 14.9 Å². The lowest BCUT2D eigenvalue weighted by Crippen LogP contribution is -1.98. The first kappa shape index (κ1) is 19.0. The van der Waals surface area contributed by atoms with Crippen LogP contribution in [0.15, 0.2) is 77.3 Å². The van der Waals surface area contributed by atoms with Gasteiger partial charge in [-0.3, -0.25) is 19.8 Å². The molecule has 1 heterocycles. The van der Waals surface area contributed by atoms with Crippen molar-refractivity contribution in [2.75, 3.05) is 0 Å². The van der Waals surface area contributed by atoms with Gasteiger partial charge in [0, 0.05) is 22.2 Å². The minimum Gasteiger partial charge on any atom is -0.457 e. The minimum absolute atomic E-state index is 0.0158. The van der Waals surface area contributed by atoms with Crippen LogP contribution in [-0.2, 0) is 0 Å². The zero-order valence-corrected chi connectivity index (χ0v) is 17.2. The van der Waals surface area contributed by atoms with Crippen molar-refractivity contribution in [2.45, 2.75) is 0 Å². The Morgan fingerprint density at radius 3 is 2.31 bits per heavy atom. The molecule has 0 unspecified atom stereocenters. The molecule has 3 aromatic carbocycles. The second-order valence-electron chi connectivity index (χ2n) is 6.05. The maximum Gasteiger partial charge on any atom is 0.269 e. The number of aromatic amines is 1. The van der Waals surface area contributed by atoms with Gasteiger partial charge in [0.05, 0.1) is 10.6 Å². The van der Waals surface area contributed by atoms with E-state index in [-0.39, 0.29) is 5.69 Å². The minimum atomic E-state index is -0.448. The van der Waals surface area contributed by atoms with Crippen molar-refractivity contribution >= 4 is 33.8 Å². The smallest absolute Gasteiger partial charge is 0.269 e. The van der Waals surface area contributed by atoms with Gasteiger partial charge in [0.15, 0.2) is 10.6 Å². The van der Waals surface area contributed by atoms with E-state index in [9.17, 15) is 10.1 Å². The van der Waals surface area contributed by atoms with E-state index in [1.807, 2.05) is 41.0 Å². The number of nitrogens with zero attached hydrogens (tertiary/aromatic N) is 3. The zero-order chi connectivity index (χ0) is 20.4. The Labute approximate surface area is 178 Å². The van der Waals surface area contributed by atoms with Gasteiger partial charge in [0.2, 0.25) is 0 Å². The molecule has 0 amide bonds. The van der Waals surface area contributed by atoms with E-state index < -0.39 is 4.92 Å². The molecule has 0 bridgehead atoms. The first-order valence-electron chi connectivity index (χ1n) is 8.47. The molecule has 0 aliphatic rings. The molecule has 4 rings (SSSR count). The highest BCUT2D eigenvalue weighted by Crippen LogP contribution is 2.27. The summed E-state index contributed by atoms with van der Waals surface area (Å²) in [5.74, 6) is 1.81. The molecule has 7 nitrogen and oxygen atoms in total. The Bertz CT molecular complexity index is 1230. The highest BCUT2D eigenvalue weighted by molar-refractivity contribution is 9.10. The van der Waals surface area contributed by atoms with Crippen LogP contribution >= 0.6 is 28.1 Å². The van der Waals surface area contributed by atoms with Crippen molar-refractivity contribution in [1.29, 1.82) is 0 Å². The molecule has 0 aliphatic carbocycles. The number of ether oxygens (including phenoxy) is 1. The number of aromatic nitrogens is 3. The molecular formula is C20H13BrN4O3S. The van der Waals surface area contributed by atoms with Crippen LogP contribution in [0.5, 0.6) is 11.5 Å². The molecule has 0 atom stereocenters. The molecule has 9 heteroatoms. The molecule has 0 saturated carbocycles. The quantitative estimate of drug-likeness (QED) is 0.218. The molecule has 1 aromatic heterocycles. The highest BCUT2D eigenvalue weighted by atomic mass is 79.9. The average Bonchev–Trinajstić information content (AvgIpc) is 3.10. The summed E-state index contributed by atoms with van der Waals surface area (Å²) in [6.45, 7) is 0. The van der Waals surface area contributed by atoms with Crippen LogP contribution in [0.3, 0.4) is 0 Å². The van der Waals surface area contributed by atoms with Crippen LogP contribution in [0.1, 0.15) is 0 Å². The Balaban J connectivity index is 1.61. The number of nitrogens with one attached hydrogen (secondary N) is 1. The first-order chi connectivity index (χ1) is 14.0. The molecule has 0 radical (unpaired) electrons. The van der Waals surface area contributed by atoms with Crippen LogP contribution in [0.4, 0.5) is 5.69 Å². The summed E-state index contributed by atoms with van der Waals surface area (Å²) in [6.07, 6.45) is 0. The lowest BCUT2D eigenvalue weighted by Gasteiger charge is -2.09. The number of benzene rings is 3. The molecular weight excluding hydrogens is 456 g/mol. The van der Waals surface area contributed by atoms with E-state index in [1.54, 1.807) is 24.3 Å². The van der Waals surface area contributed by atoms with Crippen molar-refractivity contribution in [3.63, 3.8) is 0 Å². The third-order valence-electron chi connectivity index (χ3n) is 4.13. The van der Waals surface area contributed by atoms with Crippen molar-refractivity contribution in [3.8, 4) is 28.6 Å². The molecule has 0 saturated heterocycles. The number of hydrogen-bond acceptors (Lipinski definition) is 5. The summed E-state index contributed by atoms with van der Waals surface area (Å²) in [5.41, 5.74) is 1.76. The molecule has 0 fully saturated rings. The summed E-state index contributed by atoms with van der Waals surface area (Å²) < 4.78 is 9.02. The van der Waals surface area contributed by atoms with Gasteiger partial charge in [-0.15, -0.1) is 0 Å². The predicted molar refractivity (Wildman–Crippen MR) is 115 cm³/mol. The fraction of sp³-hybridized carbons (Fsp3) is 0. The van der Waals surface area contributed by atoms with Crippen molar-refractivity contribution in [3.05, 3.63) is 92.2 Å². The van der Waals surface area contributed by atoms with Gasteiger partial charge in [-0.2, -0.15) is 5.10 Å². The van der Waals surface area contributed by atoms with Gasteiger partial charge < -0.3 is 4.74 Å². The topological polar surface area (TPSA) is 86.0 Å². The van der Waals surface area contributed by atoms with E-state index in [0.717, 1.165) is 15.7 Å². The summed E-state index contributed by atoms with van der Waals surface area (Å²) in [7, 11) is 0. The van der Waals surface area contributed by atoms with E-state index in [2.05, 4.69) is 26.1 Å². The molecule has 0 aliphatic heterocycles. The van der Waals surface area contributed by atoms with Crippen LogP contribution in [0.25, 0.3) is 17.1 Å². The number of nitro benzene ring substituents is 1. The number of non-ortho nitro benzene ring substituents is 1. The van der Waals surface area contributed by atoms with Crippen molar-refractivity contribution in [1.82, 2.24) is 14.8 Å². The predicted octanol–water partition coefficient (Wildman–Crippen LogP) is 6.06. The summed E-state index contributed by atoms with van der Waals surface area (Å²) in [4.78, 5) is 10.3. The van der Waals surface area contributed by atoms with Crippen molar-refractivity contribution < 1.29 is 9.66 Å². The Morgan fingerprint density at radius 1 is 1.03 bits per heavy atom. The van der Waals surface area contributed by atoms with Gasteiger partial charge in [-0.25, -0.2) is 0 Å². The normalized spacial score (nSPS) is 10.7. The van der Waals surface area contributed by atoms with Gasteiger partial charge in [0.25, 0.3) is 5.69 Å². The second kappa shape index (κ2) is 7.98. The number of rotatable bonds is 5. The van der Waals surface area contributed by atoms with E-state index in [0.29, 0.717) is 22.1 Å². The summed E-state index contributed by atoms with van der Waals surface area (Å²) in [6, 6.07) is 21.1. The van der Waals surface area contributed by atoms with Crippen LogP contribution in [-0.4, -0.2) is 19.7 Å². The fourth-order valence-electron chi connectivity index (χ4n) is 2.79. The van der Waals surface area contributed by atoms with Crippen molar-refractivity contribution in [2.24, 2.45) is 0 Å². The number of halogens is 1. The first-order valence-corrected chi connectivity index (χ1v) is 9.67. The molecule has 1 N–H and O–H groups in total. The van der Waals surface area contributed by atoms with E-state index >= 15 is 0 Å². The van der Waals surface area contributed by atoms with Gasteiger partial charge in [-0.1, -0.05) is 28.1 Å². The van der Waals surface area contributed by atoms with Gasteiger partial charge in [0.1, 0.15) is 11.5 Å². The summed E-state index contributed by atoms with van der Waals surface area (Å²) >= 11 is 8.88. The van der Waals surface area contributed by atoms with Gasteiger partial charge >= 0.3 is 0 Å². The SMILES string of the molecule is O=[N+]([O-])c1ccc(Oc2ccc(-n3c(-c4cccc(Br)c4)n[nH]c3=S)cc2)cc1. The van der Waals surface area contributed by atoms with E-state index in [4.69, 9.17) is 17.0 Å². The highest BCUT2D eigenvalue weighted by Gasteiger charge is 2.11. The average molecular weight is 469 g/mol. The monoisotopic (exact) mass is 468 g/mol. The fourth-order valence-corrected chi connectivity index (χ4v) is 3.43. The molecule has 29 heavy (non-hydrogen) atoms. The second-order valence-corrected chi connectivity index (χ2v) is 7.35. The lowest BCUT2D eigenvalue weighted by molar-refractivity contribution is -0.384. The number of nitro groups is 1. The molecule has 0 spiro atoms. The Morgan fingerprint density at radius 2 is 1.69 bits per heavy atom. The molecule has 4 aromatic rings. The largest absolute Gasteiger partial charge is 0.457 e. The number of H-pyrrole nitrogens is 1. The Hall–Kier alpha value is -3.30. The van der Waals surface area contributed by atoms with Crippen LogP contribution in [0.2, 0.25) is 0 Å². The third-order valence-corrected chi connectivity index (χ3v) is 4.90. The zero-order valence-electron chi connectivity index (χ0n) is 14.8. The molecule has 144 valence electrons. The maximum atomic E-state index is 10.7. The maximum absolute atomic E-state index is 10.7. The third kappa shape index (κ3) is 4.10. The standard InChI is InChI=1S/C20H13BrN4O3S/c21-14-3-1-2-13(12-14)19-22-23-20(29)24(19)15-4-8-17(9-5-15)28-18-10-6-16(7-11-18)25(26)27/h1-12H,(H,23,29). The number of hydrogen-bond donors (Lipinski definition) is 1. The lowest BCUT2D eigenvalue weighted by atomic mass is 10.2. The van der Waals surface area contributed by atoms with Crippen LogP contribution < -0.4 is 4.74 Å². The Kier molecular flexibility index (Phi) is 5.24. The summed E-state index contributed by atoms with van der Waals surface area (Å²) in [5, 5.41) is 17.9. The van der Waals surface area contributed by atoms with Gasteiger partial charge in [-0.05, 0) is 60.7 Å². The van der Waals surface area contributed by atoms with E-state index in [1.165, 1.54) is 12.1 Å².